The summed E-state index contributed by atoms with van der Waals surface area (Å²) in [5, 5.41) is 33.0. The van der Waals surface area contributed by atoms with Crippen molar-refractivity contribution in [1.29, 1.82) is 0 Å². The predicted molar refractivity (Wildman–Crippen MR) is 111 cm³/mol. The van der Waals surface area contributed by atoms with Gasteiger partial charge in [0.25, 0.3) is 10.3 Å². The zero-order valence-corrected chi connectivity index (χ0v) is 13.7. The minimum absolute atomic E-state index is 0. The van der Waals surface area contributed by atoms with E-state index >= 15 is 0 Å². The van der Waals surface area contributed by atoms with Gasteiger partial charge in [-0.05, 0) is 50.1 Å². The third kappa shape index (κ3) is 38.5. The zero-order chi connectivity index (χ0) is 17.5. The molecule has 8 nitrogen and oxygen atoms in total. The first-order valence-electron chi connectivity index (χ1n) is 6.56. The number of rotatable bonds is 10. The van der Waals surface area contributed by atoms with Gasteiger partial charge in [-0.1, -0.05) is 0 Å². The first-order valence-corrected chi connectivity index (χ1v) is 7.38. The van der Waals surface area contributed by atoms with Crippen molar-refractivity contribution in [2.24, 2.45) is 5.73 Å². The molecule has 25 heavy (non-hydrogen) atoms. The van der Waals surface area contributed by atoms with Crippen molar-refractivity contribution in [3.63, 3.8) is 0 Å². The molecule has 0 atom stereocenters. The second-order valence-electron chi connectivity index (χ2n) is 4.31. The van der Waals surface area contributed by atoms with Crippen molar-refractivity contribution in [2.45, 2.75) is 38.5 Å². The van der Waals surface area contributed by atoms with Gasteiger partial charge in [-0.15, -0.1) is 0 Å². The second kappa shape index (κ2) is 27.2. The quantitative estimate of drug-likeness (QED) is 0.159. The van der Waals surface area contributed by atoms with Gasteiger partial charge in [0.2, 0.25) is 0 Å². The molecule has 0 bridgehead atoms. The van der Waals surface area contributed by atoms with Gasteiger partial charge in [0.05, 0.1) is 0 Å². The first kappa shape index (κ1) is 38.8. The summed E-state index contributed by atoms with van der Waals surface area (Å²) < 4.78 is 0. The fourth-order valence-corrected chi connectivity index (χ4v) is 1.64. The van der Waals surface area contributed by atoms with Crippen molar-refractivity contribution in [3.05, 3.63) is 0 Å². The van der Waals surface area contributed by atoms with Crippen LogP contribution in [0, 0.1) is 0 Å². The van der Waals surface area contributed by atoms with Gasteiger partial charge in [-0.25, -0.2) is 0 Å². The molecule has 0 heterocycles. The number of thiocarbonyl (C=S) groups is 2. The molecular weight excluding hydrogens is 450 g/mol. The van der Waals surface area contributed by atoms with E-state index in [1.54, 1.807) is 4.90 Å². The molecule has 0 aliphatic heterocycles. The molecule has 0 radical (unpaired) electrons. The minimum atomic E-state index is -0.838. The summed E-state index contributed by atoms with van der Waals surface area (Å²) in [4.78, 5) is 22.2. The molecule has 0 aromatic rings. The van der Waals surface area contributed by atoms with Crippen LogP contribution in [0.2, 0.25) is 0 Å². The van der Waals surface area contributed by atoms with E-state index in [0.29, 0.717) is 38.8 Å². The maximum absolute atomic E-state index is 10.3. The van der Waals surface area contributed by atoms with E-state index in [2.05, 4.69) is 30.2 Å². The molecule has 0 aliphatic rings. The van der Waals surface area contributed by atoms with Crippen LogP contribution in [0.25, 0.3) is 0 Å². The number of aliphatic carboxylic acids is 2. The summed E-state index contributed by atoms with van der Waals surface area (Å²) in [7, 11) is 0. The molecule has 0 saturated carbocycles. The molecule has 0 amide bonds. The number of aliphatic hydroxyl groups is 2. The van der Waals surface area contributed by atoms with Gasteiger partial charge in [0.15, 0.2) is 0 Å². The van der Waals surface area contributed by atoms with Crippen LogP contribution in [0.4, 0.5) is 0 Å². The Hall–Kier alpha value is 3.23. The number of nitrogens with two attached hydrogens (primary N) is 1. The second-order valence-corrected chi connectivity index (χ2v) is 5.09. The summed E-state index contributed by atoms with van der Waals surface area (Å²) in [6, 6.07) is 0. The molecule has 0 aliphatic carbocycles. The van der Waals surface area contributed by atoms with Crippen molar-refractivity contribution in [2.75, 3.05) is 13.1 Å². The number of hydrogen-bond acceptors (Lipinski definition) is 4. The molecule has 0 rings (SSSR count). The molecule has 0 spiro atoms. The van der Waals surface area contributed by atoms with E-state index in [4.69, 9.17) is 15.3 Å². The van der Waals surface area contributed by atoms with Crippen LogP contribution < -0.4 is 5.73 Å². The zero-order valence-electron chi connectivity index (χ0n) is 12.1. The van der Waals surface area contributed by atoms with Gasteiger partial charge >= 0.3 is 166 Å². The van der Waals surface area contributed by atoms with Crippen molar-refractivity contribution in [3.8, 4) is 0 Å². The third-order valence-corrected chi connectivity index (χ3v) is 2.67. The molecule has 13 heteroatoms. The Balaban J connectivity index is -0.000000171. The number of unbranched alkanes of at least 4 members (excludes halogenated alkanes) is 2. The molecule has 0 fully saturated rings. The number of carboxylic acids is 2. The van der Waals surface area contributed by atoms with Gasteiger partial charge < -0.3 is 31.1 Å². The predicted octanol–water partition coefficient (Wildman–Crippen LogP) is -0.516. The molecule has 0 saturated heterocycles. The number of aliphatic hydroxyl groups excluding tert-OH is 2. The maximum atomic E-state index is 10.3. The van der Waals surface area contributed by atoms with E-state index in [0.717, 1.165) is 0 Å². The average molecular weight is 475 g/mol. The Bertz CT molecular complexity index is 366. The van der Waals surface area contributed by atoms with Crippen molar-refractivity contribution < 1.29 is 30.0 Å². The van der Waals surface area contributed by atoms with Crippen LogP contribution in [-0.4, -0.2) is 215 Å². The van der Waals surface area contributed by atoms with Gasteiger partial charge in [-0.2, -0.15) is 0 Å². The number of nitrogens with zero attached hydrogens (tertiary/aromatic N) is 1. The van der Waals surface area contributed by atoms with Crippen LogP contribution in [0.15, 0.2) is 0 Å². The SMILES string of the molecule is NC(O)=S.O=C(O)CCCCN(CCCCC(=O)O)C(O)=S.[KH].[KH].[KH]. The van der Waals surface area contributed by atoms with E-state index in [9.17, 15) is 14.7 Å². The van der Waals surface area contributed by atoms with Gasteiger partial charge in [-0.3, -0.25) is 9.59 Å². The van der Waals surface area contributed by atoms with Crippen LogP contribution in [-0.2, 0) is 9.59 Å². The van der Waals surface area contributed by atoms with Crippen molar-refractivity contribution in [1.82, 2.24) is 4.90 Å². The van der Waals surface area contributed by atoms with Crippen LogP contribution in [0.5, 0.6) is 0 Å². The van der Waals surface area contributed by atoms with Crippen LogP contribution >= 0.6 is 24.4 Å². The van der Waals surface area contributed by atoms with E-state index in [1.807, 2.05) is 0 Å². The Morgan fingerprint density at radius 3 is 1.24 bits per heavy atom. The topological polar surface area (TPSA) is 144 Å². The number of hydrogen-bond donors (Lipinski definition) is 5. The Morgan fingerprint density at radius 1 is 0.760 bits per heavy atom. The van der Waals surface area contributed by atoms with Gasteiger partial charge in [0, 0.05) is 25.9 Å². The summed E-state index contributed by atoms with van der Waals surface area (Å²) >= 11 is 8.54. The molecular formula is C12H25K3N2O6S2. The van der Waals surface area contributed by atoms with Crippen molar-refractivity contribution >= 4 is 201 Å². The summed E-state index contributed by atoms with van der Waals surface area (Å²) in [5.74, 6) is -1.68. The normalized spacial score (nSPS) is 8.16. The Morgan fingerprint density at radius 2 is 1.04 bits per heavy atom. The summed E-state index contributed by atoms with van der Waals surface area (Å²) in [6.45, 7) is 0.991. The summed E-state index contributed by atoms with van der Waals surface area (Å²) in [5.41, 5.74) is 4.40. The first-order chi connectivity index (χ1) is 10.2. The average Bonchev–Trinajstić information content (AvgIpc) is 2.35. The summed E-state index contributed by atoms with van der Waals surface area (Å²) in [6.07, 6.45) is 2.53. The molecule has 6 N–H and O–H groups in total. The molecule has 0 aromatic carbocycles. The van der Waals surface area contributed by atoms with Crippen LogP contribution in [0.3, 0.4) is 0 Å². The van der Waals surface area contributed by atoms with Crippen LogP contribution in [0.1, 0.15) is 38.5 Å². The fourth-order valence-electron chi connectivity index (χ4n) is 1.46. The van der Waals surface area contributed by atoms with Gasteiger partial charge in [0.1, 0.15) is 0 Å². The Labute approximate surface area is 286 Å². The number of carboxylic acid groups (broad SMARTS) is 2. The Kier molecular flexibility index (Phi) is 42.2. The fraction of sp³-hybridized carbons (Fsp3) is 0.667. The molecule has 0 aromatic heterocycles. The monoisotopic (exact) mass is 474 g/mol. The number of carbonyl (C=O) groups is 2. The van der Waals surface area contributed by atoms with E-state index in [1.165, 1.54) is 0 Å². The van der Waals surface area contributed by atoms with E-state index in [-0.39, 0.29) is 172 Å². The molecule has 134 valence electrons. The third-order valence-electron chi connectivity index (χ3n) is 2.41. The standard InChI is InChI=1S/C11H19NO5S.CH3NOS.3K.3H/c13-9(14)5-1-3-7-12(11(17)18)8-4-2-6-10(15)16;2-1(3)4;;;;;;/h1-8H2,(H,13,14)(H,15,16)(H,17,18);(H3,2,3,4);;;;;;. The molecule has 0 unspecified atom stereocenters. The van der Waals surface area contributed by atoms with E-state index < -0.39 is 17.1 Å².